The number of rotatable bonds is 3. The summed E-state index contributed by atoms with van der Waals surface area (Å²) in [5.41, 5.74) is -2.30. The molecule has 4 nitrogen and oxygen atoms in total. The summed E-state index contributed by atoms with van der Waals surface area (Å²) in [5.74, 6) is 0.273. The molecule has 0 saturated carbocycles. The summed E-state index contributed by atoms with van der Waals surface area (Å²) in [6.07, 6.45) is 3.83. The lowest BCUT2D eigenvalue weighted by Gasteiger charge is -2.30. The molecule has 0 aromatic carbocycles. The molecule has 2 N–H and O–H groups in total. The summed E-state index contributed by atoms with van der Waals surface area (Å²) in [5, 5.41) is 20.2. The smallest absolute Gasteiger partial charge is 0.190 e. The summed E-state index contributed by atoms with van der Waals surface area (Å²) in [7, 11) is 0. The minimum Gasteiger partial charge on any atom is -0.491 e. The van der Waals surface area contributed by atoms with Crippen LogP contribution in [0.25, 0.3) is 0 Å². The van der Waals surface area contributed by atoms with Crippen molar-refractivity contribution >= 4 is 5.78 Å². The van der Waals surface area contributed by atoms with E-state index in [1.54, 1.807) is 19.9 Å². The maximum Gasteiger partial charge on any atom is 0.190 e. The van der Waals surface area contributed by atoms with E-state index in [4.69, 9.17) is 4.74 Å². The number of ether oxygens (including phenoxy) is 1. The Morgan fingerprint density at radius 3 is 2.89 bits per heavy atom. The zero-order valence-corrected chi connectivity index (χ0v) is 10.8. The molecule has 1 aliphatic heterocycles. The molecular weight excluding hydrogens is 232 g/mol. The van der Waals surface area contributed by atoms with E-state index in [9.17, 15) is 15.0 Å². The lowest BCUT2D eigenvalue weighted by molar-refractivity contribution is -0.135. The summed E-state index contributed by atoms with van der Waals surface area (Å²) < 4.78 is 5.62. The van der Waals surface area contributed by atoms with E-state index in [-0.39, 0.29) is 24.2 Å². The molecule has 4 heteroatoms. The van der Waals surface area contributed by atoms with Gasteiger partial charge in [-0.25, -0.2) is 0 Å². The van der Waals surface area contributed by atoms with Crippen LogP contribution in [-0.2, 0) is 9.53 Å². The van der Waals surface area contributed by atoms with Gasteiger partial charge in [0.05, 0.1) is 5.60 Å². The third-order valence-electron chi connectivity index (χ3n) is 3.77. The predicted molar refractivity (Wildman–Crippen MR) is 66.7 cm³/mol. The van der Waals surface area contributed by atoms with Gasteiger partial charge in [-0.15, -0.1) is 6.58 Å². The highest BCUT2D eigenvalue weighted by Gasteiger charge is 2.48. The highest BCUT2D eigenvalue weighted by atomic mass is 16.5. The van der Waals surface area contributed by atoms with Crippen LogP contribution in [0.5, 0.6) is 0 Å². The van der Waals surface area contributed by atoms with Gasteiger partial charge in [-0.05, 0) is 26.7 Å². The number of carbonyl (C=O) groups is 1. The molecule has 0 aromatic rings. The first-order valence-electron chi connectivity index (χ1n) is 6.24. The Morgan fingerprint density at radius 1 is 1.67 bits per heavy atom. The van der Waals surface area contributed by atoms with Gasteiger partial charge in [0.2, 0.25) is 0 Å². The number of allylic oxidation sites excluding steroid dienone is 1. The SMILES string of the molecule is C=CC[C@@]1(O)C[C@@H]2C[C@H](C(C)(C)O)OC2=CC1=O. The van der Waals surface area contributed by atoms with Gasteiger partial charge < -0.3 is 14.9 Å². The molecular formula is C14H20O4. The van der Waals surface area contributed by atoms with E-state index in [0.717, 1.165) is 0 Å². The first-order chi connectivity index (χ1) is 8.26. The van der Waals surface area contributed by atoms with Gasteiger partial charge in [0.15, 0.2) is 5.78 Å². The molecule has 0 spiro atoms. The van der Waals surface area contributed by atoms with Gasteiger partial charge in [0.25, 0.3) is 0 Å². The van der Waals surface area contributed by atoms with Crippen LogP contribution in [0, 0.1) is 5.92 Å². The minimum absolute atomic E-state index is 0.00377. The summed E-state index contributed by atoms with van der Waals surface area (Å²) in [6.45, 7) is 6.95. The second-order valence-corrected chi connectivity index (χ2v) is 5.83. The van der Waals surface area contributed by atoms with Crippen molar-refractivity contribution in [3.05, 3.63) is 24.5 Å². The maximum absolute atomic E-state index is 11.9. The molecule has 2 aliphatic rings. The molecule has 1 saturated heterocycles. The third kappa shape index (κ3) is 2.22. The Kier molecular flexibility index (Phi) is 3.11. The van der Waals surface area contributed by atoms with Crippen molar-refractivity contribution in [3.63, 3.8) is 0 Å². The van der Waals surface area contributed by atoms with Crippen LogP contribution < -0.4 is 0 Å². The van der Waals surface area contributed by atoms with Crippen molar-refractivity contribution in [3.8, 4) is 0 Å². The Hall–Kier alpha value is -1.13. The van der Waals surface area contributed by atoms with Crippen LogP contribution in [0.1, 0.15) is 33.1 Å². The number of hydrogen-bond acceptors (Lipinski definition) is 4. The maximum atomic E-state index is 11.9. The standard InChI is InChI=1S/C14H20O4/c1-4-5-14(17)8-9-6-12(13(2,3)16)18-10(9)7-11(14)15/h4,7,9,12,16-17H,1,5-6,8H2,2-3H3/t9-,12+,14+/m0/s1. The van der Waals surface area contributed by atoms with Crippen LogP contribution in [0.15, 0.2) is 24.5 Å². The summed E-state index contributed by atoms with van der Waals surface area (Å²) in [6, 6.07) is 0. The fraction of sp³-hybridized carbons (Fsp3) is 0.643. The van der Waals surface area contributed by atoms with E-state index in [2.05, 4.69) is 6.58 Å². The number of ketones is 1. The molecule has 1 heterocycles. The van der Waals surface area contributed by atoms with Crippen molar-refractivity contribution in [2.24, 2.45) is 5.92 Å². The molecule has 1 fully saturated rings. The van der Waals surface area contributed by atoms with Gasteiger partial charge in [-0.1, -0.05) is 6.08 Å². The number of hydrogen-bond donors (Lipinski definition) is 2. The topological polar surface area (TPSA) is 66.8 Å². The van der Waals surface area contributed by atoms with Crippen molar-refractivity contribution in [1.82, 2.24) is 0 Å². The van der Waals surface area contributed by atoms with E-state index >= 15 is 0 Å². The quantitative estimate of drug-likeness (QED) is 0.744. The summed E-state index contributed by atoms with van der Waals surface area (Å²) in [4.78, 5) is 11.9. The molecule has 0 bridgehead atoms. The van der Waals surface area contributed by atoms with Gasteiger partial charge in [0.1, 0.15) is 17.5 Å². The minimum atomic E-state index is -1.35. The average molecular weight is 252 g/mol. The fourth-order valence-electron chi connectivity index (χ4n) is 2.65. The number of aliphatic hydroxyl groups is 2. The summed E-state index contributed by atoms with van der Waals surface area (Å²) >= 11 is 0. The van der Waals surface area contributed by atoms with Crippen molar-refractivity contribution in [2.45, 2.75) is 50.4 Å². The molecule has 0 amide bonds. The van der Waals surface area contributed by atoms with E-state index < -0.39 is 11.2 Å². The normalized spacial score (nSPS) is 35.8. The van der Waals surface area contributed by atoms with E-state index in [1.807, 2.05) is 0 Å². The lowest BCUT2D eigenvalue weighted by Crippen LogP contribution is -2.42. The Labute approximate surface area is 107 Å². The van der Waals surface area contributed by atoms with Gasteiger partial charge in [0, 0.05) is 18.4 Å². The second-order valence-electron chi connectivity index (χ2n) is 5.83. The zero-order chi connectivity index (χ0) is 13.6. The van der Waals surface area contributed by atoms with Crippen molar-refractivity contribution < 1.29 is 19.7 Å². The number of carbonyl (C=O) groups excluding carboxylic acids is 1. The van der Waals surface area contributed by atoms with Gasteiger partial charge in [-0.3, -0.25) is 4.79 Å². The van der Waals surface area contributed by atoms with Gasteiger partial charge in [-0.2, -0.15) is 0 Å². The highest BCUT2D eigenvalue weighted by molar-refractivity contribution is 5.98. The Bertz CT molecular complexity index is 405. The molecule has 1 aliphatic carbocycles. The van der Waals surface area contributed by atoms with E-state index in [0.29, 0.717) is 18.6 Å². The van der Waals surface area contributed by atoms with Crippen LogP contribution in [-0.4, -0.2) is 33.3 Å². The van der Waals surface area contributed by atoms with Crippen LogP contribution >= 0.6 is 0 Å². The fourth-order valence-corrected chi connectivity index (χ4v) is 2.65. The van der Waals surface area contributed by atoms with Gasteiger partial charge >= 0.3 is 0 Å². The van der Waals surface area contributed by atoms with E-state index in [1.165, 1.54) is 6.08 Å². The highest BCUT2D eigenvalue weighted by Crippen LogP contribution is 2.43. The van der Waals surface area contributed by atoms with Crippen molar-refractivity contribution in [1.29, 1.82) is 0 Å². The monoisotopic (exact) mass is 252 g/mol. The zero-order valence-electron chi connectivity index (χ0n) is 10.8. The largest absolute Gasteiger partial charge is 0.491 e. The van der Waals surface area contributed by atoms with Crippen LogP contribution in [0.2, 0.25) is 0 Å². The molecule has 0 unspecified atom stereocenters. The predicted octanol–water partition coefficient (Wildman–Crippen LogP) is 1.33. The first-order valence-corrected chi connectivity index (χ1v) is 6.24. The van der Waals surface area contributed by atoms with Crippen LogP contribution in [0.3, 0.4) is 0 Å². The Balaban J connectivity index is 2.20. The molecule has 18 heavy (non-hydrogen) atoms. The molecule has 100 valence electrons. The third-order valence-corrected chi connectivity index (χ3v) is 3.77. The number of fused-ring (bicyclic) bond motifs is 1. The lowest BCUT2D eigenvalue weighted by atomic mass is 9.77. The van der Waals surface area contributed by atoms with Crippen molar-refractivity contribution in [2.75, 3.05) is 0 Å². The Morgan fingerprint density at radius 2 is 2.33 bits per heavy atom. The average Bonchev–Trinajstić information content (AvgIpc) is 2.61. The first kappa shape index (κ1) is 13.3. The second kappa shape index (κ2) is 4.21. The van der Waals surface area contributed by atoms with Crippen LogP contribution in [0.4, 0.5) is 0 Å². The molecule has 0 radical (unpaired) electrons. The molecule has 2 rings (SSSR count). The molecule has 0 aromatic heterocycles. The molecule has 3 atom stereocenters.